The fourth-order valence-corrected chi connectivity index (χ4v) is 5.50. The van der Waals surface area contributed by atoms with E-state index in [0.717, 1.165) is 19.3 Å². The first-order valence-corrected chi connectivity index (χ1v) is 9.05. The van der Waals surface area contributed by atoms with Gasteiger partial charge in [-0.25, -0.2) is 9.78 Å². The van der Waals surface area contributed by atoms with Crippen molar-refractivity contribution in [1.82, 2.24) is 0 Å². The van der Waals surface area contributed by atoms with E-state index in [-0.39, 0.29) is 17.8 Å². The standard InChI is InChI=1S/C18H28O5/c1-10-5-6-14-12(3)15(9-11(2)19)20-16-18(14)13(10)7-8-17(4,21-16)22-23-18/h10,12-16H,5-9H2,1-4H3/t10-,12-,13+,14+,15-,16-,17-,18-/m1/s1. The molecule has 5 nitrogen and oxygen atoms in total. The van der Waals surface area contributed by atoms with Crippen LogP contribution in [0.3, 0.4) is 0 Å². The largest absolute Gasteiger partial charge is 0.345 e. The minimum Gasteiger partial charge on any atom is -0.345 e. The number of ether oxygens (including phenoxy) is 2. The molecule has 0 aromatic carbocycles. The fourth-order valence-electron chi connectivity index (χ4n) is 5.50. The third kappa shape index (κ3) is 2.24. The molecule has 0 unspecified atom stereocenters. The Morgan fingerprint density at radius 2 is 1.91 bits per heavy atom. The van der Waals surface area contributed by atoms with E-state index in [4.69, 9.17) is 19.2 Å². The number of carbonyl (C=O) groups excluding carboxylic acids is 1. The lowest BCUT2D eigenvalue weighted by atomic mass is 9.57. The van der Waals surface area contributed by atoms with Gasteiger partial charge in [-0.05, 0) is 50.9 Å². The van der Waals surface area contributed by atoms with Crippen molar-refractivity contribution in [3.63, 3.8) is 0 Å². The lowest BCUT2D eigenvalue weighted by molar-refractivity contribution is -0.570. The SMILES string of the molecule is CC(=O)C[C@H]1O[C@@H]2O[C@@]3(C)CC[C@H]4[C@H](C)CC[C@@H]([C@H]1C)[C@@]24OO3. The number of Topliss-reactive ketones (excluding diaryl/α,β-unsaturated/α-hetero) is 1. The first-order valence-electron chi connectivity index (χ1n) is 9.05. The van der Waals surface area contributed by atoms with Gasteiger partial charge in [0.05, 0.1) is 6.10 Å². The van der Waals surface area contributed by atoms with Crippen LogP contribution in [0.5, 0.6) is 0 Å². The van der Waals surface area contributed by atoms with Gasteiger partial charge in [0.25, 0.3) is 0 Å². The van der Waals surface area contributed by atoms with E-state index in [2.05, 4.69) is 13.8 Å². The number of carbonyl (C=O) groups is 1. The van der Waals surface area contributed by atoms with E-state index >= 15 is 0 Å². The van der Waals surface area contributed by atoms with Gasteiger partial charge in [0, 0.05) is 18.8 Å². The van der Waals surface area contributed by atoms with Crippen molar-refractivity contribution in [2.45, 2.75) is 83.6 Å². The van der Waals surface area contributed by atoms with Gasteiger partial charge in [-0.1, -0.05) is 13.8 Å². The molecule has 4 heterocycles. The Morgan fingerprint density at radius 1 is 1.13 bits per heavy atom. The number of rotatable bonds is 2. The monoisotopic (exact) mass is 324 g/mol. The lowest BCUT2D eigenvalue weighted by Crippen LogP contribution is -2.70. The van der Waals surface area contributed by atoms with Crippen LogP contribution in [0.1, 0.15) is 59.8 Å². The van der Waals surface area contributed by atoms with Crippen molar-refractivity contribution in [3.05, 3.63) is 0 Å². The zero-order chi connectivity index (χ0) is 16.4. The maximum absolute atomic E-state index is 11.7. The molecule has 23 heavy (non-hydrogen) atoms. The van der Waals surface area contributed by atoms with Crippen molar-refractivity contribution in [2.75, 3.05) is 0 Å². The summed E-state index contributed by atoms with van der Waals surface area (Å²) >= 11 is 0. The van der Waals surface area contributed by atoms with E-state index in [1.807, 2.05) is 6.92 Å². The second kappa shape index (κ2) is 5.25. The molecule has 0 aromatic heterocycles. The highest BCUT2D eigenvalue weighted by Gasteiger charge is 2.69. The van der Waals surface area contributed by atoms with Crippen molar-refractivity contribution in [3.8, 4) is 0 Å². The first-order chi connectivity index (χ1) is 10.9. The molecule has 4 saturated heterocycles. The molecule has 0 radical (unpaired) electrons. The van der Waals surface area contributed by atoms with Gasteiger partial charge in [0.15, 0.2) is 11.9 Å². The van der Waals surface area contributed by atoms with Gasteiger partial charge < -0.3 is 9.47 Å². The highest BCUT2D eigenvalue weighted by atomic mass is 17.3. The quantitative estimate of drug-likeness (QED) is 0.730. The predicted molar refractivity (Wildman–Crippen MR) is 82.1 cm³/mol. The molecule has 0 N–H and O–H groups in total. The van der Waals surface area contributed by atoms with Gasteiger partial charge in [-0.3, -0.25) is 4.79 Å². The van der Waals surface area contributed by atoms with Crippen LogP contribution in [0, 0.1) is 23.7 Å². The summed E-state index contributed by atoms with van der Waals surface area (Å²) in [6.45, 7) is 8.06. The molecule has 1 aliphatic carbocycles. The average molecular weight is 324 g/mol. The summed E-state index contributed by atoms with van der Waals surface area (Å²) in [6.07, 6.45) is 4.07. The van der Waals surface area contributed by atoms with Gasteiger partial charge in [-0.15, -0.1) is 0 Å². The summed E-state index contributed by atoms with van der Waals surface area (Å²) in [7, 11) is 0. The molecule has 5 fully saturated rings. The first kappa shape index (κ1) is 16.0. The molecule has 5 heteroatoms. The minimum absolute atomic E-state index is 0.0891. The van der Waals surface area contributed by atoms with E-state index in [1.54, 1.807) is 6.92 Å². The Labute approximate surface area is 137 Å². The second-order valence-electron chi connectivity index (χ2n) is 8.35. The summed E-state index contributed by atoms with van der Waals surface area (Å²) in [4.78, 5) is 23.5. The summed E-state index contributed by atoms with van der Waals surface area (Å²) in [6, 6.07) is 0. The molecule has 1 spiro atoms. The summed E-state index contributed by atoms with van der Waals surface area (Å²) in [5, 5.41) is 0. The third-order valence-electron chi connectivity index (χ3n) is 6.78. The maximum Gasteiger partial charge on any atom is 0.201 e. The Bertz CT molecular complexity index is 508. The van der Waals surface area contributed by atoms with Crippen molar-refractivity contribution < 1.29 is 24.0 Å². The molecule has 4 aliphatic heterocycles. The molecule has 2 bridgehead atoms. The second-order valence-corrected chi connectivity index (χ2v) is 8.35. The van der Waals surface area contributed by atoms with Crippen LogP contribution in [0.2, 0.25) is 0 Å². The van der Waals surface area contributed by atoms with Crippen molar-refractivity contribution >= 4 is 5.78 Å². The van der Waals surface area contributed by atoms with Gasteiger partial charge in [-0.2, -0.15) is 0 Å². The number of hydrogen-bond acceptors (Lipinski definition) is 5. The zero-order valence-corrected chi connectivity index (χ0v) is 14.5. The van der Waals surface area contributed by atoms with Crippen LogP contribution in [0.15, 0.2) is 0 Å². The number of ketones is 1. The van der Waals surface area contributed by atoms with E-state index in [9.17, 15) is 4.79 Å². The van der Waals surface area contributed by atoms with Gasteiger partial charge >= 0.3 is 0 Å². The molecule has 1 saturated carbocycles. The topological polar surface area (TPSA) is 54.0 Å². The average Bonchev–Trinajstić information content (AvgIpc) is 2.70. The number of hydrogen-bond donors (Lipinski definition) is 0. The molecule has 130 valence electrons. The Hall–Kier alpha value is -0.490. The highest BCUT2D eigenvalue weighted by molar-refractivity contribution is 5.76. The van der Waals surface area contributed by atoms with Crippen LogP contribution >= 0.6 is 0 Å². The minimum atomic E-state index is -0.737. The molecule has 8 atom stereocenters. The smallest absolute Gasteiger partial charge is 0.201 e. The van der Waals surface area contributed by atoms with E-state index < -0.39 is 17.7 Å². The van der Waals surface area contributed by atoms with Crippen LogP contribution < -0.4 is 0 Å². The molecule has 5 rings (SSSR count). The fraction of sp³-hybridized carbons (Fsp3) is 0.944. The van der Waals surface area contributed by atoms with Crippen LogP contribution in [-0.2, 0) is 24.0 Å². The summed E-state index contributed by atoms with van der Waals surface area (Å²) < 4.78 is 12.6. The van der Waals surface area contributed by atoms with Crippen LogP contribution in [0.4, 0.5) is 0 Å². The number of fused-ring (bicyclic) bond motifs is 2. The van der Waals surface area contributed by atoms with Crippen LogP contribution in [0.25, 0.3) is 0 Å². The van der Waals surface area contributed by atoms with Crippen molar-refractivity contribution in [2.24, 2.45) is 23.7 Å². The van der Waals surface area contributed by atoms with Crippen molar-refractivity contribution in [1.29, 1.82) is 0 Å². The van der Waals surface area contributed by atoms with Crippen LogP contribution in [-0.4, -0.2) is 29.6 Å². The molecule has 0 amide bonds. The normalized spacial score (nSPS) is 55.1. The lowest BCUT2D eigenvalue weighted by Gasteiger charge is -2.60. The van der Waals surface area contributed by atoms with Gasteiger partial charge in [0.1, 0.15) is 5.78 Å². The van der Waals surface area contributed by atoms with E-state index in [0.29, 0.717) is 24.2 Å². The third-order valence-corrected chi connectivity index (χ3v) is 6.78. The Balaban J connectivity index is 1.74. The molecule has 5 aliphatic rings. The van der Waals surface area contributed by atoms with Gasteiger partial charge in [0.2, 0.25) is 5.79 Å². The van der Waals surface area contributed by atoms with E-state index in [1.165, 1.54) is 6.42 Å². The Morgan fingerprint density at radius 3 is 2.65 bits per heavy atom. The zero-order valence-electron chi connectivity index (χ0n) is 14.5. The highest BCUT2D eigenvalue weighted by Crippen LogP contribution is 2.60. The summed E-state index contributed by atoms with van der Waals surface area (Å²) in [5.41, 5.74) is -0.514. The molecule has 0 aromatic rings. The predicted octanol–water partition coefficient (Wildman–Crippen LogP) is 3.22. The summed E-state index contributed by atoms with van der Waals surface area (Å²) in [5.74, 6) is 0.964. The maximum atomic E-state index is 11.7. The molecular weight excluding hydrogens is 296 g/mol. The Kier molecular flexibility index (Phi) is 3.65. The molecular formula is C18H28O5.